The van der Waals surface area contributed by atoms with E-state index in [0.717, 1.165) is 51.6 Å². The molecule has 1 aliphatic rings. The smallest absolute Gasteiger partial charge is 0.191 e. The normalized spacial score (nSPS) is 13.6. The van der Waals surface area contributed by atoms with Gasteiger partial charge in [0.25, 0.3) is 0 Å². The summed E-state index contributed by atoms with van der Waals surface area (Å²) in [6.45, 7) is 4.44. The average molecular weight is 367 g/mol. The van der Waals surface area contributed by atoms with Gasteiger partial charge in [0.2, 0.25) is 0 Å². The maximum Gasteiger partial charge on any atom is 0.191 e. The number of hydrogen-bond acceptors (Lipinski definition) is 3. The second-order valence-electron chi connectivity index (χ2n) is 6.82. The molecule has 0 atom stereocenters. The zero-order valence-electron chi connectivity index (χ0n) is 16.4. The van der Waals surface area contributed by atoms with Crippen LogP contribution in [0.3, 0.4) is 0 Å². The number of para-hydroxylation sites is 1. The van der Waals surface area contributed by atoms with Crippen LogP contribution in [0, 0.1) is 0 Å². The lowest BCUT2D eigenvalue weighted by molar-refractivity contribution is 0.195. The molecule has 0 spiro atoms. The van der Waals surface area contributed by atoms with Crippen molar-refractivity contribution < 1.29 is 4.74 Å². The number of anilines is 1. The van der Waals surface area contributed by atoms with Crippen LogP contribution in [0.15, 0.2) is 53.5 Å². The minimum absolute atomic E-state index is 0.757. The van der Waals surface area contributed by atoms with E-state index in [1.165, 1.54) is 22.4 Å². The summed E-state index contributed by atoms with van der Waals surface area (Å²) >= 11 is 0. The van der Waals surface area contributed by atoms with Crippen LogP contribution >= 0.6 is 0 Å². The number of aliphatic imine (C=N–C) groups is 1. The van der Waals surface area contributed by atoms with Gasteiger partial charge in [0.05, 0.1) is 0 Å². The van der Waals surface area contributed by atoms with E-state index in [0.29, 0.717) is 0 Å². The van der Waals surface area contributed by atoms with Crippen molar-refractivity contribution in [3.8, 4) is 0 Å². The number of guanidine groups is 1. The summed E-state index contributed by atoms with van der Waals surface area (Å²) in [5, 5.41) is 6.65. The predicted molar refractivity (Wildman–Crippen MR) is 112 cm³/mol. The summed E-state index contributed by atoms with van der Waals surface area (Å²) in [5.41, 5.74) is 5.44. The van der Waals surface area contributed by atoms with Crippen LogP contribution in [-0.2, 0) is 24.2 Å². The fourth-order valence-electron chi connectivity index (χ4n) is 3.38. The topological polar surface area (TPSA) is 48.9 Å². The molecule has 2 aromatic rings. The molecule has 0 saturated carbocycles. The summed E-state index contributed by atoms with van der Waals surface area (Å²) < 4.78 is 5.06. The molecule has 1 heterocycles. The van der Waals surface area contributed by atoms with E-state index in [4.69, 9.17) is 4.74 Å². The zero-order valence-corrected chi connectivity index (χ0v) is 16.4. The molecule has 0 aliphatic carbocycles. The molecular formula is C22H30N4O. The second kappa shape index (κ2) is 9.97. The molecule has 5 nitrogen and oxygen atoms in total. The summed E-state index contributed by atoms with van der Waals surface area (Å²) in [5.74, 6) is 0.823. The van der Waals surface area contributed by atoms with E-state index in [-0.39, 0.29) is 0 Å². The van der Waals surface area contributed by atoms with Crippen molar-refractivity contribution in [2.75, 3.05) is 38.8 Å². The molecule has 5 heteroatoms. The maximum atomic E-state index is 5.06. The molecule has 0 aromatic heterocycles. The molecule has 1 aliphatic heterocycles. The van der Waals surface area contributed by atoms with Crippen molar-refractivity contribution >= 4 is 11.6 Å². The van der Waals surface area contributed by atoms with Gasteiger partial charge in [-0.1, -0.05) is 42.5 Å². The van der Waals surface area contributed by atoms with Gasteiger partial charge in [-0.3, -0.25) is 4.99 Å². The summed E-state index contributed by atoms with van der Waals surface area (Å²) in [6.07, 6.45) is 2.11. The predicted octanol–water partition coefficient (Wildman–Crippen LogP) is 2.95. The number of hydrogen-bond donors (Lipinski definition) is 2. The van der Waals surface area contributed by atoms with Gasteiger partial charge in [0.1, 0.15) is 0 Å². The third-order valence-electron chi connectivity index (χ3n) is 4.88. The molecule has 0 radical (unpaired) electrons. The molecular weight excluding hydrogens is 336 g/mol. The van der Waals surface area contributed by atoms with Crippen molar-refractivity contribution in [1.82, 2.24) is 10.6 Å². The minimum Gasteiger partial charge on any atom is -0.385 e. The summed E-state index contributed by atoms with van der Waals surface area (Å²) in [7, 11) is 3.52. The first-order valence-corrected chi connectivity index (χ1v) is 9.64. The monoisotopic (exact) mass is 366 g/mol. The fourth-order valence-corrected chi connectivity index (χ4v) is 3.38. The van der Waals surface area contributed by atoms with Crippen LogP contribution in [0.25, 0.3) is 0 Å². The van der Waals surface area contributed by atoms with Crippen LogP contribution in [0.5, 0.6) is 0 Å². The van der Waals surface area contributed by atoms with Crippen molar-refractivity contribution in [1.29, 1.82) is 0 Å². The van der Waals surface area contributed by atoms with Crippen molar-refractivity contribution in [3.63, 3.8) is 0 Å². The van der Waals surface area contributed by atoms with Gasteiger partial charge in [-0.25, -0.2) is 0 Å². The Kier molecular flexibility index (Phi) is 7.11. The SMILES string of the molecule is CN=C(NCCCOC)NCc1ccc(CN2CCc3ccccc32)cc1. The number of rotatable bonds is 8. The van der Waals surface area contributed by atoms with E-state index in [1.54, 1.807) is 14.2 Å². The Bertz CT molecular complexity index is 742. The molecule has 0 unspecified atom stereocenters. The molecule has 2 N–H and O–H groups in total. The fraction of sp³-hybridized carbons (Fsp3) is 0.409. The highest BCUT2D eigenvalue weighted by molar-refractivity contribution is 5.79. The number of fused-ring (bicyclic) bond motifs is 1. The van der Waals surface area contributed by atoms with Gasteiger partial charge in [-0.2, -0.15) is 0 Å². The van der Waals surface area contributed by atoms with E-state index in [9.17, 15) is 0 Å². The van der Waals surface area contributed by atoms with Crippen LogP contribution in [-0.4, -0.2) is 39.8 Å². The molecule has 0 fully saturated rings. The van der Waals surface area contributed by atoms with Crippen LogP contribution in [0.4, 0.5) is 5.69 Å². The lowest BCUT2D eigenvalue weighted by Gasteiger charge is -2.19. The third-order valence-corrected chi connectivity index (χ3v) is 4.88. The van der Waals surface area contributed by atoms with Gasteiger partial charge in [-0.05, 0) is 35.6 Å². The molecule has 0 bridgehead atoms. The molecule has 2 aromatic carbocycles. The first kappa shape index (κ1) is 19.2. The molecule has 3 rings (SSSR count). The maximum absolute atomic E-state index is 5.06. The number of ether oxygens (including phenoxy) is 1. The van der Waals surface area contributed by atoms with Crippen LogP contribution in [0.1, 0.15) is 23.1 Å². The zero-order chi connectivity index (χ0) is 18.9. The minimum atomic E-state index is 0.757. The Morgan fingerprint density at radius 3 is 2.63 bits per heavy atom. The quantitative estimate of drug-likeness (QED) is 0.428. The number of methoxy groups -OCH3 is 1. The average Bonchev–Trinajstić information content (AvgIpc) is 3.11. The van der Waals surface area contributed by atoms with Gasteiger partial charge in [0, 0.05) is 52.6 Å². The Labute approximate surface area is 162 Å². The van der Waals surface area contributed by atoms with Gasteiger partial charge < -0.3 is 20.3 Å². The highest BCUT2D eigenvalue weighted by Gasteiger charge is 2.17. The highest BCUT2D eigenvalue weighted by atomic mass is 16.5. The first-order valence-electron chi connectivity index (χ1n) is 9.64. The highest BCUT2D eigenvalue weighted by Crippen LogP contribution is 2.28. The van der Waals surface area contributed by atoms with Crippen molar-refractivity contribution in [2.24, 2.45) is 4.99 Å². The van der Waals surface area contributed by atoms with Gasteiger partial charge in [0.15, 0.2) is 5.96 Å². The van der Waals surface area contributed by atoms with Gasteiger partial charge in [-0.15, -0.1) is 0 Å². The van der Waals surface area contributed by atoms with Crippen LogP contribution in [0.2, 0.25) is 0 Å². The van der Waals surface area contributed by atoms with E-state index in [1.807, 2.05) is 0 Å². The largest absolute Gasteiger partial charge is 0.385 e. The number of benzene rings is 2. The second-order valence-corrected chi connectivity index (χ2v) is 6.82. The van der Waals surface area contributed by atoms with Crippen LogP contribution < -0.4 is 15.5 Å². The van der Waals surface area contributed by atoms with Crippen molar-refractivity contribution in [3.05, 3.63) is 65.2 Å². The first-order chi connectivity index (χ1) is 13.3. The number of nitrogens with one attached hydrogen (secondary N) is 2. The molecule has 0 saturated heterocycles. The Balaban J connectivity index is 1.48. The van der Waals surface area contributed by atoms with E-state index in [2.05, 4.69) is 69.1 Å². The lowest BCUT2D eigenvalue weighted by atomic mass is 10.1. The Hall–Kier alpha value is -2.53. The molecule has 144 valence electrons. The Morgan fingerprint density at radius 1 is 1.07 bits per heavy atom. The van der Waals surface area contributed by atoms with E-state index < -0.39 is 0 Å². The lowest BCUT2D eigenvalue weighted by Crippen LogP contribution is -2.37. The summed E-state index contributed by atoms with van der Waals surface area (Å²) in [4.78, 5) is 6.72. The standard InChI is InChI=1S/C22H30N4O/c1-23-22(24-13-5-15-27-2)25-16-18-8-10-19(11-9-18)17-26-14-12-20-6-3-4-7-21(20)26/h3-4,6-11H,5,12-17H2,1-2H3,(H2,23,24,25). The van der Waals surface area contributed by atoms with Gasteiger partial charge >= 0.3 is 0 Å². The Morgan fingerprint density at radius 2 is 1.85 bits per heavy atom. The van der Waals surface area contributed by atoms with Crippen molar-refractivity contribution in [2.45, 2.75) is 25.9 Å². The number of nitrogens with zero attached hydrogens (tertiary/aromatic N) is 2. The molecule has 0 amide bonds. The third kappa shape index (κ3) is 5.47. The molecule has 27 heavy (non-hydrogen) atoms. The van der Waals surface area contributed by atoms with E-state index >= 15 is 0 Å². The summed E-state index contributed by atoms with van der Waals surface area (Å²) in [6, 6.07) is 17.6.